The van der Waals surface area contributed by atoms with Gasteiger partial charge in [0.25, 0.3) is 11.8 Å². The topological polar surface area (TPSA) is 353 Å². The van der Waals surface area contributed by atoms with E-state index in [-0.39, 0.29) is 43.9 Å². The van der Waals surface area contributed by atoms with Gasteiger partial charge < -0.3 is 75.4 Å². The van der Waals surface area contributed by atoms with E-state index in [0.29, 0.717) is 73.1 Å². The lowest BCUT2D eigenvalue weighted by Crippen LogP contribution is -2.60. The molecule has 2 amide bonds. The minimum atomic E-state index is -2.01. The minimum absolute atomic E-state index is 0.0282. The first-order chi connectivity index (χ1) is 31.6. The Morgan fingerprint density at radius 1 is 0.672 bits per heavy atom. The highest BCUT2D eigenvalue weighted by molar-refractivity contribution is 6.13. The van der Waals surface area contributed by atoms with Crippen LogP contribution in [0.4, 0.5) is 0 Å². The molecule has 11 unspecified atom stereocenters. The number of nitrogens with one attached hydrogen (secondary N) is 3. The number of nitrogens with zero attached hydrogens (tertiary/aromatic N) is 1. The number of aliphatic hydroxyl groups is 6. The molecule has 0 spiro atoms. The Morgan fingerprint density at radius 2 is 1.19 bits per heavy atom. The van der Waals surface area contributed by atoms with Gasteiger partial charge in [-0.1, -0.05) is 25.3 Å². The summed E-state index contributed by atoms with van der Waals surface area (Å²) in [7, 11) is 0. The maximum Gasteiger partial charge on any atom is 0.335 e. The smallest absolute Gasteiger partial charge is 0.335 e. The summed E-state index contributed by atoms with van der Waals surface area (Å²) in [4.78, 5) is 83.6. The number of aliphatic carboxylic acids is 2. The lowest BCUT2D eigenvalue weighted by atomic mass is 9.93. The van der Waals surface area contributed by atoms with Gasteiger partial charge in [0, 0.05) is 53.1 Å². The molecule has 0 bridgehead atoms. The molecular formula is C45H52N4O18. The second-order valence-electron chi connectivity index (χ2n) is 16.5. The number of amides is 2. The predicted molar refractivity (Wildman–Crippen MR) is 230 cm³/mol. The van der Waals surface area contributed by atoms with E-state index in [1.807, 2.05) is 0 Å². The molecule has 0 saturated carbocycles. The monoisotopic (exact) mass is 936 g/mol. The molecule has 5 aliphatic rings. The first-order valence-corrected chi connectivity index (χ1v) is 21.0. The van der Waals surface area contributed by atoms with Crippen molar-refractivity contribution in [3.05, 3.63) is 98.7 Å². The Bertz CT molecular complexity index is 2470. The number of aliphatic hydroxyl groups excluding tert-OH is 6. The van der Waals surface area contributed by atoms with Gasteiger partial charge in [0.05, 0.1) is 17.5 Å². The second-order valence-corrected chi connectivity index (χ2v) is 16.5. The Hall–Kier alpha value is -6.37. The predicted octanol–water partition coefficient (Wildman–Crippen LogP) is -0.922. The number of aromatic nitrogens is 1. The molecule has 6 rings (SSSR count). The van der Waals surface area contributed by atoms with Gasteiger partial charge in [0.1, 0.15) is 36.6 Å². The highest BCUT2D eigenvalue weighted by Gasteiger charge is 2.50. The van der Waals surface area contributed by atoms with E-state index in [0.717, 1.165) is 0 Å². The highest BCUT2D eigenvalue weighted by Crippen LogP contribution is 2.35. The molecule has 6 heterocycles. The van der Waals surface area contributed by atoms with E-state index < -0.39 is 91.3 Å². The molecular weight excluding hydrogens is 885 g/mol. The number of hydrogen-bond donors (Lipinski definition) is 11. The molecule has 0 radical (unpaired) electrons. The lowest BCUT2D eigenvalue weighted by molar-refractivity contribution is -0.286. The number of ether oxygens (including phenoxy) is 4. The summed E-state index contributed by atoms with van der Waals surface area (Å²) in [6.45, 7) is 14.4. The number of carboxylic acids is 2. The van der Waals surface area contributed by atoms with Crippen LogP contribution in [0, 0.1) is 6.92 Å². The fourth-order valence-electron chi connectivity index (χ4n) is 8.39. The van der Waals surface area contributed by atoms with Crippen LogP contribution in [0.2, 0.25) is 0 Å². The van der Waals surface area contributed by atoms with Crippen LogP contribution in [0.3, 0.4) is 0 Å². The zero-order valence-corrected chi connectivity index (χ0v) is 36.7. The second kappa shape index (κ2) is 20.2. The third-order valence-corrected chi connectivity index (χ3v) is 12.3. The van der Waals surface area contributed by atoms with Gasteiger partial charge in [-0.25, -0.2) is 9.59 Å². The van der Waals surface area contributed by atoms with Gasteiger partial charge in [0.15, 0.2) is 12.2 Å². The number of aliphatic imine (C=N–C) groups is 1. The van der Waals surface area contributed by atoms with Crippen molar-refractivity contribution in [1.29, 1.82) is 0 Å². The van der Waals surface area contributed by atoms with Crippen LogP contribution in [-0.2, 0) is 60.6 Å². The van der Waals surface area contributed by atoms with E-state index >= 15 is 0 Å². The summed E-state index contributed by atoms with van der Waals surface area (Å²) >= 11 is 0. The summed E-state index contributed by atoms with van der Waals surface area (Å²) in [6.07, 6.45) is -14.3. The average molecular weight is 937 g/mol. The highest BCUT2D eigenvalue weighted by atomic mass is 16.7. The first-order valence-electron chi connectivity index (χ1n) is 21.0. The fourth-order valence-corrected chi connectivity index (χ4v) is 8.39. The van der Waals surface area contributed by atoms with Crippen molar-refractivity contribution in [1.82, 2.24) is 15.6 Å². The third-order valence-electron chi connectivity index (χ3n) is 12.3. The Labute approximate surface area is 382 Å². The molecule has 11 N–H and O–H groups in total. The maximum absolute atomic E-state index is 13.3. The third kappa shape index (κ3) is 10.2. The molecule has 22 heteroatoms. The summed E-state index contributed by atoms with van der Waals surface area (Å²) in [5, 5.41) is 86.0. The van der Waals surface area contributed by atoms with Crippen LogP contribution in [0.25, 0.3) is 6.08 Å². The standard InChI is InChI=1S/C45H52N4O18/c1-7-20-19(6)40(58)49-27(20)14-25-18(5)23(10-12-31(51)65-45-37(57)33(53)35(55)39(67-45)43(62)63)29(47-25)15-28-22(17(4)24(46-28)13-26-16(3)21(8-2)41(59)48-26)9-11-30(50)64-44-36(56)32(52)34(54)38(66-44)42(60)61/h7-8,13-14,28,32-39,44-45,47,52-57H,1-2,9-12,15H2,3-6H3,(H,48,59)(H,49,58)(H,60,61)(H,62,63)/b26-13-,27-14-. The quantitative estimate of drug-likeness (QED) is 0.0893. The maximum atomic E-state index is 13.3. The van der Waals surface area contributed by atoms with Crippen LogP contribution >= 0.6 is 0 Å². The molecule has 67 heavy (non-hydrogen) atoms. The molecule has 2 saturated heterocycles. The fraction of sp³-hybridized carbons (Fsp3) is 0.444. The zero-order valence-electron chi connectivity index (χ0n) is 36.7. The molecule has 2 fully saturated rings. The normalized spacial score (nSPS) is 31.0. The van der Waals surface area contributed by atoms with Gasteiger partial charge in [-0.3, -0.25) is 24.2 Å². The summed E-state index contributed by atoms with van der Waals surface area (Å²) in [5.74, 6) is -5.97. The number of esters is 2. The minimum Gasteiger partial charge on any atom is -0.479 e. The van der Waals surface area contributed by atoms with E-state index in [2.05, 4.69) is 28.8 Å². The van der Waals surface area contributed by atoms with E-state index in [4.69, 9.17) is 23.9 Å². The summed E-state index contributed by atoms with van der Waals surface area (Å²) in [6, 6.07) is -0.738. The molecule has 0 aromatic carbocycles. The van der Waals surface area contributed by atoms with Gasteiger partial charge in [-0.05, 0) is 80.5 Å². The molecule has 11 atom stereocenters. The number of allylic oxidation sites excluding steroid dienone is 4. The van der Waals surface area contributed by atoms with Crippen molar-refractivity contribution >= 4 is 47.5 Å². The molecule has 360 valence electrons. The van der Waals surface area contributed by atoms with Crippen molar-refractivity contribution in [2.75, 3.05) is 0 Å². The summed E-state index contributed by atoms with van der Waals surface area (Å²) in [5.41, 5.74) is 6.69. The van der Waals surface area contributed by atoms with Crippen molar-refractivity contribution in [2.24, 2.45) is 4.99 Å². The number of hydrogen-bond acceptors (Lipinski definition) is 17. The summed E-state index contributed by atoms with van der Waals surface area (Å²) < 4.78 is 20.7. The van der Waals surface area contributed by atoms with E-state index in [1.165, 1.54) is 12.2 Å². The number of carbonyl (C=O) groups is 6. The molecule has 1 aromatic heterocycles. The van der Waals surface area contributed by atoms with Gasteiger partial charge in [-0.2, -0.15) is 0 Å². The number of carboxylic acid groups (broad SMARTS) is 2. The van der Waals surface area contributed by atoms with Crippen LogP contribution in [0.15, 0.2) is 81.2 Å². The first kappa shape index (κ1) is 50.1. The number of aromatic amines is 1. The molecule has 0 aliphatic carbocycles. The van der Waals surface area contributed by atoms with Crippen LogP contribution < -0.4 is 10.6 Å². The lowest BCUT2D eigenvalue weighted by Gasteiger charge is -2.37. The number of H-pyrrole nitrogens is 1. The average Bonchev–Trinajstić information content (AvgIpc) is 3.93. The number of rotatable bonds is 16. The Kier molecular flexibility index (Phi) is 15.1. The van der Waals surface area contributed by atoms with E-state index in [9.17, 15) is 69.6 Å². The molecule has 22 nitrogen and oxygen atoms in total. The van der Waals surface area contributed by atoms with E-state index in [1.54, 1.807) is 39.8 Å². The largest absolute Gasteiger partial charge is 0.479 e. The van der Waals surface area contributed by atoms with Gasteiger partial charge in [0.2, 0.25) is 12.6 Å². The van der Waals surface area contributed by atoms with Crippen molar-refractivity contribution in [3.8, 4) is 0 Å². The van der Waals surface area contributed by atoms with Crippen LogP contribution in [-0.4, -0.2) is 155 Å². The number of carbonyl (C=O) groups excluding carboxylic acids is 4. The Balaban J connectivity index is 1.32. The van der Waals surface area contributed by atoms with Crippen molar-refractivity contribution in [2.45, 2.75) is 127 Å². The molecule has 1 aromatic rings. The van der Waals surface area contributed by atoms with Crippen LogP contribution in [0.5, 0.6) is 0 Å². The van der Waals surface area contributed by atoms with Crippen molar-refractivity contribution in [3.63, 3.8) is 0 Å². The van der Waals surface area contributed by atoms with Crippen molar-refractivity contribution < 1.29 is 88.6 Å². The van der Waals surface area contributed by atoms with Gasteiger partial charge in [-0.15, -0.1) is 0 Å². The molecule has 5 aliphatic heterocycles. The zero-order chi connectivity index (χ0) is 49.3. The Morgan fingerprint density at radius 3 is 1.70 bits per heavy atom. The van der Waals surface area contributed by atoms with Gasteiger partial charge >= 0.3 is 23.9 Å². The SMILES string of the molecule is C=CC1=C(C)/C(=C/C2=NC(Cc3[nH]c(/C=C4\NC(=O)C(C)=C4C=C)c(C)c3CCC(=O)OC3OC(C(=O)O)C(O)C(O)C3O)C(CCC(=O)OC3OC(C(=O)O)C(O)C(O)C3O)=C2C)NC1=O. The van der Waals surface area contributed by atoms with Crippen LogP contribution in [0.1, 0.15) is 62.5 Å².